The van der Waals surface area contributed by atoms with Crippen molar-refractivity contribution in [3.8, 4) is 11.1 Å². The van der Waals surface area contributed by atoms with Crippen molar-refractivity contribution in [2.45, 2.75) is 25.6 Å². The first-order valence-electron chi connectivity index (χ1n) is 12.3. The van der Waals surface area contributed by atoms with Gasteiger partial charge >= 0.3 is 12.2 Å². The Hall–Kier alpha value is -3.83. The van der Waals surface area contributed by atoms with Gasteiger partial charge in [0.25, 0.3) is 0 Å². The zero-order valence-corrected chi connectivity index (χ0v) is 22.6. The van der Waals surface area contributed by atoms with Gasteiger partial charge in [-0.15, -0.1) is 0 Å². The number of alkyl halides is 3. The first-order chi connectivity index (χ1) is 19.2. The molecule has 1 aliphatic heterocycles. The molecule has 7 nitrogen and oxygen atoms in total. The van der Waals surface area contributed by atoms with E-state index in [1.54, 1.807) is 19.1 Å². The van der Waals surface area contributed by atoms with Crippen LogP contribution in [0.25, 0.3) is 11.1 Å². The summed E-state index contributed by atoms with van der Waals surface area (Å²) in [4.78, 5) is 26.2. The standard InChI is InChI=1S/C27H24F6N3O4P/c1-3-40-41(2,39)22-7-5-4-6-16(22)17-9-11-21(24(30)23(17)29)36-13-12-20(25(36)37)35-26(38)34-19-10-8-15(14-18(19)28)27(31,32)33/h4-11,14,20H,3,12-13H2,1-2H3,(H2,34,35,38)/t20-,41?/m1/s1. The van der Waals surface area contributed by atoms with Crippen molar-refractivity contribution in [2.24, 2.45) is 0 Å². The molecule has 0 spiro atoms. The molecule has 41 heavy (non-hydrogen) atoms. The normalized spacial score (nSPS) is 16.9. The van der Waals surface area contributed by atoms with E-state index in [4.69, 9.17) is 4.52 Å². The molecule has 1 unspecified atom stereocenters. The number of halogens is 6. The Kier molecular flexibility index (Phi) is 8.51. The lowest BCUT2D eigenvalue weighted by molar-refractivity contribution is -0.137. The number of rotatable bonds is 7. The fourth-order valence-electron chi connectivity index (χ4n) is 4.49. The van der Waals surface area contributed by atoms with Crippen molar-refractivity contribution in [1.29, 1.82) is 0 Å². The molecule has 0 radical (unpaired) electrons. The number of nitrogens with one attached hydrogen (secondary N) is 2. The Balaban J connectivity index is 1.51. The summed E-state index contributed by atoms with van der Waals surface area (Å²) >= 11 is 0. The topological polar surface area (TPSA) is 87.7 Å². The van der Waals surface area contributed by atoms with Gasteiger partial charge in [-0.25, -0.2) is 18.0 Å². The van der Waals surface area contributed by atoms with Gasteiger partial charge in [0.05, 0.1) is 23.5 Å². The van der Waals surface area contributed by atoms with Gasteiger partial charge in [-0.1, -0.05) is 18.2 Å². The summed E-state index contributed by atoms with van der Waals surface area (Å²) in [5.41, 5.74) is -2.22. The molecule has 1 heterocycles. The van der Waals surface area contributed by atoms with Gasteiger partial charge in [-0.2, -0.15) is 13.2 Å². The Bertz CT molecular complexity index is 1550. The van der Waals surface area contributed by atoms with E-state index in [-0.39, 0.29) is 42.1 Å². The van der Waals surface area contributed by atoms with Crippen LogP contribution in [0.15, 0.2) is 54.6 Å². The molecule has 3 amide bonds. The van der Waals surface area contributed by atoms with E-state index in [0.717, 1.165) is 11.0 Å². The van der Waals surface area contributed by atoms with E-state index in [2.05, 4.69) is 5.32 Å². The van der Waals surface area contributed by atoms with Crippen molar-refractivity contribution in [2.75, 3.05) is 30.0 Å². The van der Waals surface area contributed by atoms with E-state index in [1.165, 1.54) is 30.9 Å². The maximum Gasteiger partial charge on any atom is 0.416 e. The van der Waals surface area contributed by atoms with Crippen LogP contribution in [0.4, 0.5) is 42.5 Å². The average Bonchev–Trinajstić information content (AvgIpc) is 3.25. The minimum atomic E-state index is -4.78. The number of amides is 3. The molecule has 2 atom stereocenters. The molecule has 3 aromatic carbocycles. The number of carbonyl (C=O) groups is 2. The molecule has 1 fully saturated rings. The molecule has 0 bridgehead atoms. The van der Waals surface area contributed by atoms with Crippen LogP contribution >= 0.6 is 7.37 Å². The second-order valence-electron chi connectivity index (χ2n) is 9.16. The second kappa shape index (κ2) is 11.6. The molecule has 0 saturated carbocycles. The Labute approximate surface area is 230 Å². The first-order valence-corrected chi connectivity index (χ1v) is 14.4. The van der Waals surface area contributed by atoms with Crippen molar-refractivity contribution in [3.63, 3.8) is 0 Å². The van der Waals surface area contributed by atoms with E-state index < -0.39 is 65.9 Å². The fraction of sp³-hybridized carbons (Fsp3) is 0.259. The summed E-state index contributed by atoms with van der Waals surface area (Å²) in [5, 5.41) is 4.50. The number of benzene rings is 3. The van der Waals surface area contributed by atoms with Crippen LogP contribution in [-0.2, 0) is 20.1 Å². The summed E-state index contributed by atoms with van der Waals surface area (Å²) < 4.78 is 101. The van der Waals surface area contributed by atoms with Crippen LogP contribution in [0.3, 0.4) is 0 Å². The van der Waals surface area contributed by atoms with Gasteiger partial charge in [0.1, 0.15) is 11.9 Å². The van der Waals surface area contributed by atoms with Crippen LogP contribution in [0.1, 0.15) is 18.9 Å². The number of anilines is 2. The van der Waals surface area contributed by atoms with Gasteiger partial charge in [0, 0.05) is 24.1 Å². The third kappa shape index (κ3) is 6.25. The maximum absolute atomic E-state index is 15.3. The van der Waals surface area contributed by atoms with Crippen LogP contribution in [0.5, 0.6) is 0 Å². The minimum Gasteiger partial charge on any atom is -0.326 e. The summed E-state index contributed by atoms with van der Waals surface area (Å²) in [6.45, 7) is 3.07. The Morgan fingerprint density at radius 3 is 2.41 bits per heavy atom. The van der Waals surface area contributed by atoms with Crippen LogP contribution in [-0.4, -0.2) is 37.8 Å². The SMILES string of the molecule is CCOP(C)(=O)c1ccccc1-c1ccc(N2CC[C@@H](NC(=O)Nc3ccc(C(F)(F)F)cc3F)C2=O)c(F)c1F. The number of carbonyl (C=O) groups excluding carboxylic acids is 2. The van der Waals surface area contributed by atoms with Crippen molar-refractivity contribution in [1.82, 2.24) is 5.32 Å². The summed E-state index contributed by atoms with van der Waals surface area (Å²) in [6, 6.07) is 7.80. The van der Waals surface area contributed by atoms with Crippen molar-refractivity contribution < 1.29 is 45.0 Å². The average molecular weight is 599 g/mol. The number of hydrogen-bond acceptors (Lipinski definition) is 4. The van der Waals surface area contributed by atoms with Crippen LogP contribution < -0.4 is 20.8 Å². The molecule has 0 aromatic heterocycles. The zero-order valence-electron chi connectivity index (χ0n) is 21.7. The molecule has 1 aliphatic rings. The lowest BCUT2D eigenvalue weighted by Gasteiger charge is -2.21. The summed E-state index contributed by atoms with van der Waals surface area (Å²) in [7, 11) is -3.36. The highest BCUT2D eigenvalue weighted by Crippen LogP contribution is 2.45. The molecule has 1 saturated heterocycles. The first kappa shape index (κ1) is 30.1. The highest BCUT2D eigenvalue weighted by molar-refractivity contribution is 7.66. The number of urea groups is 1. The predicted octanol–water partition coefficient (Wildman–Crippen LogP) is 6.29. The van der Waals surface area contributed by atoms with E-state index in [1.807, 2.05) is 5.32 Å². The van der Waals surface area contributed by atoms with Crippen molar-refractivity contribution in [3.05, 3.63) is 77.6 Å². The molecule has 2 N–H and O–H groups in total. The Morgan fingerprint density at radius 1 is 1.05 bits per heavy atom. The molecule has 218 valence electrons. The lowest BCUT2D eigenvalue weighted by atomic mass is 10.0. The van der Waals surface area contributed by atoms with Gasteiger partial charge in [-0.05, 0) is 55.3 Å². The lowest BCUT2D eigenvalue weighted by Crippen LogP contribution is -2.43. The Morgan fingerprint density at radius 2 is 1.76 bits per heavy atom. The molecule has 3 aromatic rings. The fourth-order valence-corrected chi connectivity index (χ4v) is 6.11. The monoisotopic (exact) mass is 599 g/mol. The molecule has 4 rings (SSSR count). The molecular weight excluding hydrogens is 575 g/mol. The van der Waals surface area contributed by atoms with Gasteiger partial charge in [0.2, 0.25) is 13.3 Å². The molecule has 14 heteroatoms. The third-order valence-corrected chi connectivity index (χ3v) is 8.43. The van der Waals surface area contributed by atoms with E-state index in [0.29, 0.717) is 6.07 Å². The summed E-state index contributed by atoms with van der Waals surface area (Å²) in [6.07, 6.45) is -4.79. The third-order valence-electron chi connectivity index (χ3n) is 6.42. The van der Waals surface area contributed by atoms with Crippen LogP contribution in [0, 0.1) is 17.5 Å². The maximum atomic E-state index is 15.3. The number of nitrogens with zero attached hydrogens (tertiary/aromatic N) is 1. The van der Waals surface area contributed by atoms with Crippen molar-refractivity contribution >= 4 is 36.0 Å². The molecule has 0 aliphatic carbocycles. The second-order valence-corrected chi connectivity index (χ2v) is 11.6. The number of hydrogen-bond donors (Lipinski definition) is 2. The van der Waals surface area contributed by atoms with E-state index in [9.17, 15) is 31.7 Å². The van der Waals surface area contributed by atoms with Gasteiger partial charge in [0.15, 0.2) is 11.6 Å². The van der Waals surface area contributed by atoms with Crippen LogP contribution in [0.2, 0.25) is 0 Å². The van der Waals surface area contributed by atoms with E-state index >= 15 is 8.78 Å². The minimum absolute atomic E-state index is 0.0131. The smallest absolute Gasteiger partial charge is 0.326 e. The van der Waals surface area contributed by atoms with Gasteiger partial charge in [-0.3, -0.25) is 9.36 Å². The van der Waals surface area contributed by atoms with Gasteiger partial charge < -0.3 is 20.1 Å². The largest absolute Gasteiger partial charge is 0.416 e. The zero-order chi connectivity index (χ0) is 30.1. The molecular formula is C27H24F6N3O4P. The summed E-state index contributed by atoms with van der Waals surface area (Å²) in [5.74, 6) is -4.75. The highest BCUT2D eigenvalue weighted by Gasteiger charge is 2.36. The highest BCUT2D eigenvalue weighted by atomic mass is 31.2. The quantitative estimate of drug-likeness (QED) is 0.247. The predicted molar refractivity (Wildman–Crippen MR) is 141 cm³/mol.